The summed E-state index contributed by atoms with van der Waals surface area (Å²) >= 11 is 0. The number of hydrogen-bond acceptors (Lipinski definition) is 2. The molecule has 0 radical (unpaired) electrons. The number of nitrogens with two attached hydrogens (primary N) is 1. The zero-order chi connectivity index (χ0) is 10.4. The Labute approximate surface area is 86.8 Å². The summed E-state index contributed by atoms with van der Waals surface area (Å²) in [5.74, 6) is 0. The summed E-state index contributed by atoms with van der Waals surface area (Å²) in [6, 6.07) is 0.567. The lowest BCUT2D eigenvalue weighted by Gasteiger charge is -2.26. The summed E-state index contributed by atoms with van der Waals surface area (Å²) in [5, 5.41) is 0. The van der Waals surface area contributed by atoms with E-state index in [9.17, 15) is 0 Å². The standard InChI is InChI=1S/C12H20N2/c1-11(2)14-9-5-7-12(10-14)6-3-4-8-13/h3,5-7,10-11H,4,8-9,13H2,1-2H3. The molecular formula is C12H20N2. The van der Waals surface area contributed by atoms with Gasteiger partial charge in [0.05, 0.1) is 0 Å². The van der Waals surface area contributed by atoms with Crippen molar-refractivity contribution in [1.82, 2.24) is 4.90 Å². The summed E-state index contributed by atoms with van der Waals surface area (Å²) in [6.45, 7) is 6.15. The molecule has 1 heterocycles. The van der Waals surface area contributed by atoms with E-state index in [4.69, 9.17) is 5.73 Å². The largest absolute Gasteiger partial charge is 0.371 e. The molecule has 0 aliphatic carbocycles. The first-order valence-corrected chi connectivity index (χ1v) is 5.24. The lowest BCUT2D eigenvalue weighted by molar-refractivity contribution is 0.338. The average Bonchev–Trinajstić information content (AvgIpc) is 2.19. The molecule has 2 nitrogen and oxygen atoms in total. The zero-order valence-corrected chi connectivity index (χ0v) is 9.11. The van der Waals surface area contributed by atoms with E-state index < -0.39 is 0 Å². The molecule has 0 amide bonds. The molecule has 78 valence electrons. The van der Waals surface area contributed by atoms with Crippen molar-refractivity contribution in [2.24, 2.45) is 5.73 Å². The van der Waals surface area contributed by atoms with Crippen LogP contribution >= 0.6 is 0 Å². The number of nitrogens with zero attached hydrogens (tertiary/aromatic N) is 1. The SMILES string of the molecule is CC(C)N1C=C(C=CCCN)C=CC1. The summed E-state index contributed by atoms with van der Waals surface area (Å²) in [6.07, 6.45) is 11.8. The molecule has 2 N–H and O–H groups in total. The highest BCUT2D eigenvalue weighted by molar-refractivity contribution is 5.32. The minimum absolute atomic E-state index is 0.567. The Morgan fingerprint density at radius 3 is 3.00 bits per heavy atom. The highest BCUT2D eigenvalue weighted by Gasteiger charge is 2.06. The Bertz CT molecular complexity index is 249. The second kappa shape index (κ2) is 5.66. The van der Waals surface area contributed by atoms with Crippen LogP contribution in [0.25, 0.3) is 0 Å². The molecule has 1 aliphatic rings. The molecule has 0 atom stereocenters. The second-order valence-electron chi connectivity index (χ2n) is 3.80. The highest BCUT2D eigenvalue weighted by atomic mass is 15.1. The number of hydrogen-bond donors (Lipinski definition) is 1. The van der Waals surface area contributed by atoms with E-state index in [1.807, 2.05) is 0 Å². The van der Waals surface area contributed by atoms with Crippen molar-refractivity contribution in [1.29, 1.82) is 0 Å². The highest BCUT2D eigenvalue weighted by Crippen LogP contribution is 2.11. The summed E-state index contributed by atoms with van der Waals surface area (Å²) in [7, 11) is 0. The molecule has 1 rings (SSSR count). The number of allylic oxidation sites excluding steroid dienone is 3. The molecule has 1 aliphatic heterocycles. The first-order valence-electron chi connectivity index (χ1n) is 5.24. The van der Waals surface area contributed by atoms with Crippen LogP contribution in [-0.2, 0) is 0 Å². The Morgan fingerprint density at radius 2 is 2.36 bits per heavy atom. The van der Waals surface area contributed by atoms with Crippen LogP contribution in [0.2, 0.25) is 0 Å². The van der Waals surface area contributed by atoms with Crippen LogP contribution < -0.4 is 5.73 Å². The van der Waals surface area contributed by atoms with Crippen molar-refractivity contribution in [2.45, 2.75) is 26.3 Å². The van der Waals surface area contributed by atoms with E-state index >= 15 is 0 Å². The van der Waals surface area contributed by atoms with Crippen LogP contribution in [0.3, 0.4) is 0 Å². The fraction of sp³-hybridized carbons (Fsp3) is 0.500. The first-order chi connectivity index (χ1) is 6.74. The predicted molar refractivity (Wildman–Crippen MR) is 61.9 cm³/mol. The molecule has 14 heavy (non-hydrogen) atoms. The smallest absolute Gasteiger partial charge is 0.0360 e. The van der Waals surface area contributed by atoms with Gasteiger partial charge in [0.25, 0.3) is 0 Å². The van der Waals surface area contributed by atoms with Crippen molar-refractivity contribution >= 4 is 0 Å². The van der Waals surface area contributed by atoms with Crippen molar-refractivity contribution in [3.63, 3.8) is 0 Å². The quantitative estimate of drug-likeness (QED) is 0.738. The van der Waals surface area contributed by atoms with Crippen molar-refractivity contribution < 1.29 is 0 Å². The maximum Gasteiger partial charge on any atom is 0.0360 e. The van der Waals surface area contributed by atoms with Gasteiger partial charge in [-0.3, -0.25) is 0 Å². The molecule has 0 fully saturated rings. The summed E-state index contributed by atoms with van der Waals surface area (Å²) in [5.41, 5.74) is 6.68. The lowest BCUT2D eigenvalue weighted by atomic mass is 10.1. The molecule has 2 heteroatoms. The third kappa shape index (κ3) is 3.38. The van der Waals surface area contributed by atoms with Gasteiger partial charge in [-0.1, -0.05) is 24.3 Å². The summed E-state index contributed by atoms with van der Waals surface area (Å²) < 4.78 is 0. The lowest BCUT2D eigenvalue weighted by Crippen LogP contribution is -2.27. The molecule has 0 aromatic rings. The van der Waals surface area contributed by atoms with Gasteiger partial charge >= 0.3 is 0 Å². The van der Waals surface area contributed by atoms with Crippen LogP contribution in [0.5, 0.6) is 0 Å². The maximum atomic E-state index is 5.42. The maximum absolute atomic E-state index is 5.42. The average molecular weight is 192 g/mol. The van der Waals surface area contributed by atoms with Gasteiger partial charge in [0, 0.05) is 18.8 Å². The Kier molecular flexibility index (Phi) is 4.47. The Morgan fingerprint density at radius 1 is 1.57 bits per heavy atom. The van der Waals surface area contributed by atoms with Crippen LogP contribution in [0.1, 0.15) is 20.3 Å². The van der Waals surface area contributed by atoms with E-state index in [0.717, 1.165) is 19.5 Å². The van der Waals surface area contributed by atoms with Crippen LogP contribution in [-0.4, -0.2) is 24.0 Å². The van der Waals surface area contributed by atoms with Gasteiger partial charge in [0.2, 0.25) is 0 Å². The molecule has 0 aromatic carbocycles. The second-order valence-corrected chi connectivity index (χ2v) is 3.80. The summed E-state index contributed by atoms with van der Waals surface area (Å²) in [4.78, 5) is 2.32. The fourth-order valence-corrected chi connectivity index (χ4v) is 1.37. The predicted octanol–water partition coefficient (Wildman–Crippen LogP) is 2.06. The van der Waals surface area contributed by atoms with E-state index in [-0.39, 0.29) is 0 Å². The fourth-order valence-electron chi connectivity index (χ4n) is 1.37. The van der Waals surface area contributed by atoms with Gasteiger partial charge in [-0.15, -0.1) is 0 Å². The Hall–Kier alpha value is -1.02. The molecule has 0 unspecified atom stereocenters. The topological polar surface area (TPSA) is 29.3 Å². The normalized spacial score (nSPS) is 16.9. The van der Waals surface area contributed by atoms with Gasteiger partial charge in [0.1, 0.15) is 0 Å². The monoisotopic (exact) mass is 192 g/mol. The first kappa shape index (κ1) is 11.1. The molecule has 0 spiro atoms. The van der Waals surface area contributed by atoms with Crippen LogP contribution in [0, 0.1) is 0 Å². The molecular weight excluding hydrogens is 172 g/mol. The van der Waals surface area contributed by atoms with Crippen molar-refractivity contribution in [3.8, 4) is 0 Å². The Balaban J connectivity index is 2.55. The van der Waals surface area contributed by atoms with E-state index in [1.165, 1.54) is 5.57 Å². The van der Waals surface area contributed by atoms with E-state index in [2.05, 4.69) is 49.3 Å². The van der Waals surface area contributed by atoms with Gasteiger partial charge in [-0.25, -0.2) is 0 Å². The molecule has 0 saturated heterocycles. The number of rotatable bonds is 4. The van der Waals surface area contributed by atoms with Crippen LogP contribution in [0.4, 0.5) is 0 Å². The van der Waals surface area contributed by atoms with Gasteiger partial charge in [0.15, 0.2) is 0 Å². The van der Waals surface area contributed by atoms with Crippen LogP contribution in [0.15, 0.2) is 36.1 Å². The van der Waals surface area contributed by atoms with Crippen molar-refractivity contribution in [2.75, 3.05) is 13.1 Å². The molecule has 0 aromatic heterocycles. The molecule has 0 bridgehead atoms. The minimum atomic E-state index is 0.567. The third-order valence-corrected chi connectivity index (χ3v) is 2.25. The van der Waals surface area contributed by atoms with Gasteiger partial charge in [-0.05, 0) is 32.4 Å². The third-order valence-electron chi connectivity index (χ3n) is 2.25. The van der Waals surface area contributed by atoms with Crippen molar-refractivity contribution in [3.05, 3.63) is 36.1 Å². The van der Waals surface area contributed by atoms with Gasteiger partial charge < -0.3 is 10.6 Å². The zero-order valence-electron chi connectivity index (χ0n) is 9.11. The van der Waals surface area contributed by atoms with E-state index in [1.54, 1.807) is 0 Å². The molecule has 0 saturated carbocycles. The van der Waals surface area contributed by atoms with E-state index in [0.29, 0.717) is 6.04 Å². The minimum Gasteiger partial charge on any atom is -0.371 e. The van der Waals surface area contributed by atoms with Gasteiger partial charge in [-0.2, -0.15) is 0 Å².